The van der Waals surface area contributed by atoms with Crippen LogP contribution in [-0.2, 0) is 10.0 Å². The number of fused-ring (bicyclic) bond motifs is 3. The molecule has 29 heavy (non-hydrogen) atoms. The van der Waals surface area contributed by atoms with Crippen LogP contribution in [0, 0.1) is 13.8 Å². The van der Waals surface area contributed by atoms with E-state index in [0.29, 0.717) is 23.4 Å². The Labute approximate surface area is 171 Å². The molecule has 3 aromatic carbocycles. The summed E-state index contributed by atoms with van der Waals surface area (Å²) in [5.41, 5.74) is 5.22. The molecule has 6 heteroatoms. The SMILES string of the molecule is CCN1c2ccc(C(=O)Nc3c(C)cccc3C)cc2-c2ccccc2S1(=O)=O. The Bertz CT molecular complexity index is 1210. The van der Waals surface area contributed by atoms with Crippen molar-refractivity contribution in [2.45, 2.75) is 25.7 Å². The summed E-state index contributed by atoms with van der Waals surface area (Å²) in [6.07, 6.45) is 0. The molecule has 1 heterocycles. The lowest BCUT2D eigenvalue weighted by molar-refractivity contribution is 0.102. The number of aryl methyl sites for hydroxylation is 2. The van der Waals surface area contributed by atoms with Crippen molar-refractivity contribution in [3.63, 3.8) is 0 Å². The number of nitrogens with zero attached hydrogens (tertiary/aromatic N) is 1. The highest BCUT2D eigenvalue weighted by Gasteiger charge is 2.34. The van der Waals surface area contributed by atoms with Gasteiger partial charge in [-0.3, -0.25) is 9.10 Å². The minimum Gasteiger partial charge on any atom is -0.322 e. The largest absolute Gasteiger partial charge is 0.322 e. The van der Waals surface area contributed by atoms with Gasteiger partial charge in [0.05, 0.1) is 10.6 Å². The Morgan fingerprint density at radius 3 is 2.31 bits per heavy atom. The minimum absolute atomic E-state index is 0.223. The number of carbonyl (C=O) groups is 1. The zero-order chi connectivity index (χ0) is 20.8. The molecule has 148 valence electrons. The van der Waals surface area contributed by atoms with Gasteiger partial charge in [-0.25, -0.2) is 8.42 Å². The van der Waals surface area contributed by atoms with Crippen molar-refractivity contribution in [1.29, 1.82) is 0 Å². The Morgan fingerprint density at radius 1 is 0.931 bits per heavy atom. The zero-order valence-electron chi connectivity index (χ0n) is 16.6. The van der Waals surface area contributed by atoms with E-state index in [-0.39, 0.29) is 10.8 Å². The normalized spacial score (nSPS) is 14.1. The summed E-state index contributed by atoms with van der Waals surface area (Å²) in [6.45, 7) is 6.03. The molecular weight excluding hydrogens is 384 g/mol. The third-order valence-electron chi connectivity index (χ3n) is 5.28. The van der Waals surface area contributed by atoms with Crippen molar-refractivity contribution < 1.29 is 13.2 Å². The van der Waals surface area contributed by atoms with Crippen LogP contribution in [0.5, 0.6) is 0 Å². The predicted octanol–water partition coefficient (Wildman–Crippen LogP) is 4.75. The lowest BCUT2D eigenvalue weighted by Crippen LogP contribution is -2.34. The van der Waals surface area contributed by atoms with E-state index in [9.17, 15) is 13.2 Å². The molecule has 1 amide bonds. The molecule has 0 atom stereocenters. The molecule has 0 radical (unpaired) electrons. The van der Waals surface area contributed by atoms with Crippen molar-refractivity contribution >= 4 is 27.3 Å². The Balaban J connectivity index is 1.81. The van der Waals surface area contributed by atoms with Gasteiger partial charge in [-0.15, -0.1) is 0 Å². The number of hydrogen-bond acceptors (Lipinski definition) is 3. The average Bonchev–Trinajstić information content (AvgIpc) is 2.71. The fourth-order valence-electron chi connectivity index (χ4n) is 3.81. The van der Waals surface area contributed by atoms with Crippen molar-refractivity contribution in [1.82, 2.24) is 0 Å². The monoisotopic (exact) mass is 406 g/mol. The van der Waals surface area contributed by atoms with Crippen molar-refractivity contribution in [3.05, 3.63) is 77.4 Å². The number of para-hydroxylation sites is 1. The molecule has 1 aliphatic rings. The van der Waals surface area contributed by atoms with Crippen LogP contribution in [0.2, 0.25) is 0 Å². The highest BCUT2D eigenvalue weighted by Crippen LogP contribution is 2.43. The van der Waals surface area contributed by atoms with Crippen LogP contribution in [0.1, 0.15) is 28.4 Å². The van der Waals surface area contributed by atoms with Crippen molar-refractivity contribution in [2.75, 3.05) is 16.2 Å². The zero-order valence-corrected chi connectivity index (χ0v) is 17.4. The van der Waals surface area contributed by atoms with Gasteiger partial charge in [0, 0.05) is 28.9 Å². The van der Waals surface area contributed by atoms with Gasteiger partial charge < -0.3 is 5.32 Å². The first-order valence-electron chi connectivity index (χ1n) is 9.48. The maximum absolute atomic E-state index is 13.0. The number of anilines is 2. The molecule has 0 saturated heterocycles. The van der Waals surface area contributed by atoms with Crippen LogP contribution < -0.4 is 9.62 Å². The van der Waals surface area contributed by atoms with Gasteiger partial charge >= 0.3 is 0 Å². The summed E-state index contributed by atoms with van der Waals surface area (Å²) in [4.78, 5) is 13.2. The Hall–Kier alpha value is -3.12. The number of rotatable bonds is 3. The van der Waals surface area contributed by atoms with E-state index < -0.39 is 10.0 Å². The smallest absolute Gasteiger partial charge is 0.264 e. The molecule has 1 aliphatic heterocycles. The van der Waals surface area contributed by atoms with Gasteiger partial charge in [0.25, 0.3) is 15.9 Å². The lowest BCUT2D eigenvalue weighted by Gasteiger charge is -2.31. The molecule has 0 unspecified atom stereocenters. The minimum atomic E-state index is -3.61. The number of hydrogen-bond donors (Lipinski definition) is 1. The molecule has 0 fully saturated rings. The topological polar surface area (TPSA) is 66.5 Å². The molecule has 5 nitrogen and oxygen atoms in total. The first kappa shape index (κ1) is 19.2. The van der Waals surface area contributed by atoms with Crippen LogP contribution >= 0.6 is 0 Å². The highest BCUT2D eigenvalue weighted by molar-refractivity contribution is 7.93. The van der Waals surface area contributed by atoms with Gasteiger partial charge in [0.15, 0.2) is 0 Å². The second-order valence-electron chi connectivity index (χ2n) is 7.12. The molecule has 0 bridgehead atoms. The first-order valence-corrected chi connectivity index (χ1v) is 10.9. The fraction of sp³-hybridized carbons (Fsp3) is 0.174. The van der Waals surface area contributed by atoms with Gasteiger partial charge in [-0.05, 0) is 56.2 Å². The third-order valence-corrected chi connectivity index (χ3v) is 7.23. The Kier molecular flexibility index (Phi) is 4.67. The van der Waals surface area contributed by atoms with Crippen LogP contribution in [-0.4, -0.2) is 20.9 Å². The average molecular weight is 407 g/mol. The van der Waals surface area contributed by atoms with E-state index in [1.54, 1.807) is 43.3 Å². The molecule has 1 N–H and O–H groups in total. The van der Waals surface area contributed by atoms with E-state index in [2.05, 4.69) is 5.32 Å². The van der Waals surface area contributed by atoms with Crippen molar-refractivity contribution in [2.24, 2.45) is 0 Å². The highest BCUT2D eigenvalue weighted by atomic mass is 32.2. The van der Waals surface area contributed by atoms with E-state index in [4.69, 9.17) is 0 Å². The fourth-order valence-corrected chi connectivity index (χ4v) is 5.51. The standard InChI is InChI=1S/C23H22N2O3S/c1-4-25-20-13-12-17(23(26)24-22-15(2)8-7-9-16(22)3)14-19(20)18-10-5-6-11-21(18)29(25,27)28/h5-14H,4H2,1-3H3,(H,24,26). The molecule has 0 saturated carbocycles. The maximum Gasteiger partial charge on any atom is 0.264 e. The van der Waals surface area contributed by atoms with Crippen LogP contribution in [0.4, 0.5) is 11.4 Å². The number of benzene rings is 3. The molecule has 0 aliphatic carbocycles. The van der Waals surface area contributed by atoms with Crippen LogP contribution in [0.15, 0.2) is 65.6 Å². The van der Waals surface area contributed by atoms with E-state index in [1.165, 1.54) is 4.31 Å². The summed E-state index contributed by atoms with van der Waals surface area (Å²) in [5.74, 6) is -0.223. The summed E-state index contributed by atoms with van der Waals surface area (Å²) in [5, 5.41) is 3.00. The third kappa shape index (κ3) is 3.09. The summed E-state index contributed by atoms with van der Waals surface area (Å²) in [6, 6.07) is 17.9. The molecular formula is C23H22N2O3S. The number of carbonyl (C=O) groups excluding carboxylic acids is 1. The van der Waals surface area contributed by atoms with Crippen LogP contribution in [0.25, 0.3) is 11.1 Å². The van der Waals surface area contributed by atoms with Crippen LogP contribution in [0.3, 0.4) is 0 Å². The van der Waals surface area contributed by atoms with Gasteiger partial charge in [-0.2, -0.15) is 0 Å². The lowest BCUT2D eigenvalue weighted by atomic mass is 9.99. The quantitative estimate of drug-likeness (QED) is 0.682. The van der Waals surface area contributed by atoms with Gasteiger partial charge in [0.2, 0.25) is 0 Å². The van der Waals surface area contributed by atoms with Gasteiger partial charge in [-0.1, -0.05) is 36.4 Å². The molecule has 0 spiro atoms. The molecule has 0 aromatic heterocycles. The summed E-state index contributed by atoms with van der Waals surface area (Å²) in [7, 11) is -3.61. The second-order valence-corrected chi connectivity index (χ2v) is 8.95. The molecule has 3 aromatic rings. The number of amides is 1. The van der Waals surface area contributed by atoms with E-state index in [1.807, 2.05) is 38.1 Å². The number of sulfonamides is 1. The summed E-state index contributed by atoms with van der Waals surface area (Å²) >= 11 is 0. The second kappa shape index (κ2) is 7.04. The Morgan fingerprint density at radius 2 is 1.62 bits per heavy atom. The first-order chi connectivity index (χ1) is 13.8. The van der Waals surface area contributed by atoms with E-state index in [0.717, 1.165) is 22.4 Å². The molecule has 4 rings (SSSR count). The summed E-state index contributed by atoms with van der Waals surface area (Å²) < 4.78 is 27.3. The van der Waals surface area contributed by atoms with E-state index >= 15 is 0 Å². The maximum atomic E-state index is 13.0. The number of nitrogens with one attached hydrogen (secondary N) is 1. The van der Waals surface area contributed by atoms with Crippen molar-refractivity contribution in [3.8, 4) is 11.1 Å². The van der Waals surface area contributed by atoms with Gasteiger partial charge in [0.1, 0.15) is 0 Å². The predicted molar refractivity (Wildman–Crippen MR) is 116 cm³/mol.